The maximum absolute atomic E-state index is 9.95. The van der Waals surface area contributed by atoms with Crippen molar-refractivity contribution >= 4 is 12.2 Å². The first-order valence-corrected chi connectivity index (χ1v) is 9.66. The Labute approximate surface area is 170 Å². The van der Waals surface area contributed by atoms with Gasteiger partial charge in [0.15, 0.2) is 0 Å². The molecule has 0 atom stereocenters. The van der Waals surface area contributed by atoms with E-state index in [1.54, 1.807) is 24.3 Å². The van der Waals surface area contributed by atoms with Crippen molar-refractivity contribution in [3.63, 3.8) is 0 Å². The minimum atomic E-state index is -0.585. The summed E-state index contributed by atoms with van der Waals surface area (Å²) in [5.41, 5.74) is 6.15. The van der Waals surface area contributed by atoms with Crippen molar-refractivity contribution in [2.75, 3.05) is 0 Å². The summed E-state index contributed by atoms with van der Waals surface area (Å²) in [4.78, 5) is 0. The lowest BCUT2D eigenvalue weighted by Crippen LogP contribution is -2.32. The topological polar surface area (TPSA) is 40.5 Å². The highest BCUT2D eigenvalue weighted by Crippen LogP contribution is 2.49. The zero-order valence-electron chi connectivity index (χ0n) is 15.8. The van der Waals surface area contributed by atoms with Crippen LogP contribution in [-0.2, 0) is 5.41 Å². The van der Waals surface area contributed by atoms with Gasteiger partial charge in [0, 0.05) is 0 Å². The van der Waals surface area contributed by atoms with Gasteiger partial charge >= 0.3 is 0 Å². The Kier molecular flexibility index (Phi) is 3.99. The Morgan fingerprint density at radius 1 is 0.448 bits per heavy atom. The zero-order valence-corrected chi connectivity index (χ0v) is 15.8. The number of phenolic OH excluding ortho intramolecular Hbond substituents is 2. The average molecular weight is 376 g/mol. The van der Waals surface area contributed by atoms with E-state index in [2.05, 4.69) is 60.7 Å². The van der Waals surface area contributed by atoms with Crippen molar-refractivity contribution in [1.82, 2.24) is 0 Å². The number of benzene rings is 4. The summed E-state index contributed by atoms with van der Waals surface area (Å²) in [5, 5.41) is 19.9. The third-order valence-corrected chi connectivity index (χ3v) is 5.77. The molecule has 0 unspecified atom stereocenters. The van der Waals surface area contributed by atoms with Crippen LogP contribution in [0.3, 0.4) is 0 Å². The lowest BCUT2D eigenvalue weighted by molar-refractivity contribution is 0.474. The molecule has 5 rings (SSSR count). The van der Waals surface area contributed by atoms with Crippen molar-refractivity contribution in [3.8, 4) is 11.5 Å². The van der Waals surface area contributed by atoms with Crippen molar-refractivity contribution in [2.24, 2.45) is 0 Å². The van der Waals surface area contributed by atoms with E-state index in [1.807, 2.05) is 24.3 Å². The molecule has 0 heterocycles. The molecule has 1 aliphatic carbocycles. The normalized spacial score (nSPS) is 13.9. The molecule has 0 radical (unpaired) electrons. The summed E-state index contributed by atoms with van der Waals surface area (Å²) in [6, 6.07) is 31.7. The highest BCUT2D eigenvalue weighted by molar-refractivity contribution is 5.81. The molecule has 0 saturated heterocycles. The molecule has 0 fully saturated rings. The molecule has 0 amide bonds. The first-order valence-electron chi connectivity index (χ1n) is 9.66. The molecule has 0 saturated carbocycles. The van der Waals surface area contributed by atoms with E-state index in [-0.39, 0.29) is 11.5 Å². The van der Waals surface area contributed by atoms with Crippen LogP contribution in [0.5, 0.6) is 11.5 Å². The fourth-order valence-corrected chi connectivity index (χ4v) is 4.50. The second kappa shape index (κ2) is 6.68. The van der Waals surface area contributed by atoms with E-state index < -0.39 is 5.41 Å². The Morgan fingerprint density at radius 2 is 0.828 bits per heavy atom. The van der Waals surface area contributed by atoms with Crippen LogP contribution in [0.25, 0.3) is 12.2 Å². The Morgan fingerprint density at radius 3 is 1.24 bits per heavy atom. The van der Waals surface area contributed by atoms with Crippen molar-refractivity contribution in [1.29, 1.82) is 0 Å². The van der Waals surface area contributed by atoms with Gasteiger partial charge in [0.25, 0.3) is 0 Å². The molecule has 4 aromatic carbocycles. The first kappa shape index (κ1) is 17.3. The molecular weight excluding hydrogens is 356 g/mol. The fraction of sp³-hybridized carbons (Fsp3) is 0.0370. The summed E-state index contributed by atoms with van der Waals surface area (Å²) in [7, 11) is 0. The lowest BCUT2D eigenvalue weighted by atomic mass is 9.63. The fourth-order valence-electron chi connectivity index (χ4n) is 4.50. The van der Waals surface area contributed by atoms with E-state index in [4.69, 9.17) is 0 Å². The van der Waals surface area contributed by atoms with E-state index >= 15 is 0 Å². The highest BCUT2D eigenvalue weighted by Gasteiger charge is 2.41. The molecule has 1 aliphatic rings. The molecule has 0 aromatic heterocycles. The number of fused-ring (bicyclic) bond motifs is 2. The Bertz CT molecular complexity index is 1110. The van der Waals surface area contributed by atoms with Crippen LogP contribution in [0, 0.1) is 0 Å². The van der Waals surface area contributed by atoms with Crippen LogP contribution in [0.15, 0.2) is 97.1 Å². The number of phenols is 2. The number of rotatable bonds is 2. The number of hydrogen-bond acceptors (Lipinski definition) is 2. The average Bonchev–Trinajstić information content (AvgIpc) is 2.91. The molecule has 140 valence electrons. The summed E-state index contributed by atoms with van der Waals surface area (Å²) >= 11 is 0. The summed E-state index contributed by atoms with van der Waals surface area (Å²) in [6.45, 7) is 0. The number of aromatic hydroxyl groups is 2. The van der Waals surface area contributed by atoms with E-state index in [9.17, 15) is 10.2 Å². The molecule has 4 aromatic rings. The monoisotopic (exact) mass is 376 g/mol. The van der Waals surface area contributed by atoms with Gasteiger partial charge in [0.05, 0.1) is 5.41 Å². The SMILES string of the molecule is Oc1ccc(C2(c3ccc(O)cc3)c3ccccc3C=Cc3ccccc32)cc1. The smallest absolute Gasteiger partial charge is 0.115 e. The largest absolute Gasteiger partial charge is 0.508 e. The standard InChI is InChI=1S/C27H20O2/c28-23-15-11-21(12-16-23)27(22-13-17-24(29)18-14-22)25-7-3-1-5-19(25)9-10-20-6-2-4-8-26(20)27/h1-18,28-29H. The third kappa shape index (κ3) is 2.65. The van der Waals surface area contributed by atoms with Crippen LogP contribution in [0.4, 0.5) is 0 Å². The predicted molar refractivity (Wildman–Crippen MR) is 117 cm³/mol. The van der Waals surface area contributed by atoms with Gasteiger partial charge in [-0.15, -0.1) is 0 Å². The molecular formula is C27H20O2. The van der Waals surface area contributed by atoms with Gasteiger partial charge in [-0.25, -0.2) is 0 Å². The van der Waals surface area contributed by atoms with E-state index in [0.29, 0.717) is 0 Å². The Hall–Kier alpha value is -3.78. The molecule has 2 nitrogen and oxygen atoms in total. The van der Waals surface area contributed by atoms with Gasteiger partial charge in [0.1, 0.15) is 11.5 Å². The van der Waals surface area contributed by atoms with Gasteiger partial charge in [-0.2, -0.15) is 0 Å². The van der Waals surface area contributed by atoms with Crippen LogP contribution >= 0.6 is 0 Å². The minimum absolute atomic E-state index is 0.239. The second-order valence-corrected chi connectivity index (χ2v) is 7.35. The van der Waals surface area contributed by atoms with Crippen molar-refractivity contribution in [3.05, 3.63) is 130 Å². The van der Waals surface area contributed by atoms with Crippen LogP contribution in [-0.4, -0.2) is 10.2 Å². The molecule has 2 N–H and O–H groups in total. The summed E-state index contributed by atoms with van der Waals surface area (Å²) in [5.74, 6) is 0.478. The molecule has 0 aliphatic heterocycles. The molecule has 0 spiro atoms. The third-order valence-electron chi connectivity index (χ3n) is 5.77. The predicted octanol–water partition coefficient (Wildman–Crippen LogP) is 5.96. The minimum Gasteiger partial charge on any atom is -0.508 e. The van der Waals surface area contributed by atoms with Crippen LogP contribution in [0.2, 0.25) is 0 Å². The summed E-state index contributed by atoms with van der Waals surface area (Å²) < 4.78 is 0. The zero-order chi connectivity index (χ0) is 19.8. The highest BCUT2D eigenvalue weighted by atomic mass is 16.3. The van der Waals surface area contributed by atoms with Gasteiger partial charge in [-0.3, -0.25) is 0 Å². The van der Waals surface area contributed by atoms with E-state index in [0.717, 1.165) is 33.4 Å². The molecule has 29 heavy (non-hydrogen) atoms. The van der Waals surface area contributed by atoms with Crippen LogP contribution < -0.4 is 0 Å². The lowest BCUT2D eigenvalue weighted by Gasteiger charge is -2.38. The van der Waals surface area contributed by atoms with Gasteiger partial charge < -0.3 is 10.2 Å². The second-order valence-electron chi connectivity index (χ2n) is 7.35. The number of hydrogen-bond donors (Lipinski definition) is 2. The maximum Gasteiger partial charge on any atom is 0.115 e. The maximum atomic E-state index is 9.95. The molecule has 0 bridgehead atoms. The molecule has 2 heteroatoms. The van der Waals surface area contributed by atoms with Gasteiger partial charge in [-0.1, -0.05) is 84.9 Å². The van der Waals surface area contributed by atoms with E-state index in [1.165, 1.54) is 0 Å². The van der Waals surface area contributed by atoms with Crippen LogP contribution in [0.1, 0.15) is 33.4 Å². The Balaban J connectivity index is 1.98. The first-order chi connectivity index (χ1) is 14.2. The quantitative estimate of drug-likeness (QED) is 0.399. The van der Waals surface area contributed by atoms with Gasteiger partial charge in [-0.05, 0) is 57.6 Å². The van der Waals surface area contributed by atoms with Crippen molar-refractivity contribution < 1.29 is 10.2 Å². The van der Waals surface area contributed by atoms with Crippen molar-refractivity contribution in [2.45, 2.75) is 5.41 Å². The van der Waals surface area contributed by atoms with Gasteiger partial charge in [0.2, 0.25) is 0 Å². The summed E-state index contributed by atoms with van der Waals surface area (Å²) in [6.07, 6.45) is 4.33.